The van der Waals surface area contributed by atoms with Gasteiger partial charge < -0.3 is 29.5 Å². The van der Waals surface area contributed by atoms with Crippen molar-refractivity contribution >= 4 is 23.8 Å². The maximum absolute atomic E-state index is 12.6. The van der Waals surface area contributed by atoms with Crippen molar-refractivity contribution in [3.8, 4) is 5.75 Å². The summed E-state index contributed by atoms with van der Waals surface area (Å²) < 4.78 is 16.0. The normalized spacial score (nSPS) is 16.9. The number of likely N-dealkylation sites (tertiary alicyclic amines) is 1. The Labute approximate surface area is 186 Å². The van der Waals surface area contributed by atoms with Gasteiger partial charge in [-0.3, -0.25) is 9.59 Å². The number of carbonyl (C=O) groups excluding carboxylic acids is 3. The summed E-state index contributed by atoms with van der Waals surface area (Å²) >= 11 is 0. The van der Waals surface area contributed by atoms with E-state index in [1.165, 1.54) is 4.90 Å². The van der Waals surface area contributed by atoms with Gasteiger partial charge in [0.15, 0.2) is 12.4 Å². The summed E-state index contributed by atoms with van der Waals surface area (Å²) in [5.74, 6) is -0.846. The van der Waals surface area contributed by atoms with E-state index in [4.69, 9.17) is 19.3 Å². The lowest BCUT2D eigenvalue weighted by Gasteiger charge is -2.19. The van der Waals surface area contributed by atoms with Crippen molar-refractivity contribution in [2.75, 3.05) is 26.3 Å². The van der Waals surface area contributed by atoms with Gasteiger partial charge in [0, 0.05) is 12.1 Å². The van der Waals surface area contributed by atoms with E-state index >= 15 is 0 Å². The average Bonchev–Trinajstić information content (AvgIpc) is 3.19. The molecule has 1 saturated heterocycles. The lowest BCUT2D eigenvalue weighted by atomic mass is 10.1. The van der Waals surface area contributed by atoms with Gasteiger partial charge in [-0.1, -0.05) is 0 Å². The molecule has 1 fully saturated rings. The number of esters is 1. The maximum Gasteiger partial charge on any atom is 0.407 e. The highest BCUT2D eigenvalue weighted by Crippen LogP contribution is 2.15. The van der Waals surface area contributed by atoms with Crippen LogP contribution in [0.25, 0.3) is 0 Å². The topological polar surface area (TPSA) is 131 Å². The van der Waals surface area contributed by atoms with Crippen LogP contribution in [0.3, 0.4) is 0 Å². The van der Waals surface area contributed by atoms with Gasteiger partial charge in [-0.25, -0.2) is 9.59 Å². The molecule has 1 aliphatic heterocycles. The fourth-order valence-electron chi connectivity index (χ4n) is 3.06. The Kier molecular flexibility index (Phi) is 8.59. The summed E-state index contributed by atoms with van der Waals surface area (Å²) in [6, 6.07) is 5.43. The summed E-state index contributed by atoms with van der Waals surface area (Å²) in [4.78, 5) is 48.5. The zero-order valence-corrected chi connectivity index (χ0v) is 18.8. The molecule has 0 aliphatic carbocycles. The smallest absolute Gasteiger partial charge is 0.407 e. The minimum atomic E-state index is -1.01. The van der Waals surface area contributed by atoms with Crippen LogP contribution in [-0.4, -0.2) is 77.8 Å². The van der Waals surface area contributed by atoms with Gasteiger partial charge in [0.2, 0.25) is 5.91 Å². The number of hydrogen-bond donors (Lipinski definition) is 2. The molecule has 2 N–H and O–H groups in total. The first-order valence-electron chi connectivity index (χ1n) is 10.3. The van der Waals surface area contributed by atoms with E-state index in [1.54, 1.807) is 52.0 Å². The molecule has 32 heavy (non-hydrogen) atoms. The number of nitrogens with zero attached hydrogens (tertiary/aromatic N) is 1. The highest BCUT2D eigenvalue weighted by Gasteiger charge is 2.27. The summed E-state index contributed by atoms with van der Waals surface area (Å²) in [5, 5.41) is 11.5. The molecule has 10 heteroatoms. The van der Waals surface area contributed by atoms with Crippen LogP contribution in [0.15, 0.2) is 24.3 Å². The van der Waals surface area contributed by atoms with Gasteiger partial charge in [0.1, 0.15) is 18.0 Å². The van der Waals surface area contributed by atoms with Crippen molar-refractivity contribution in [3.05, 3.63) is 29.8 Å². The third-order valence-corrected chi connectivity index (χ3v) is 4.55. The predicted octanol–water partition coefficient (Wildman–Crippen LogP) is 1.86. The Hall–Kier alpha value is -3.14. The second-order valence-corrected chi connectivity index (χ2v) is 8.50. The molecular weight excluding hydrogens is 420 g/mol. The Morgan fingerprint density at radius 3 is 2.38 bits per heavy atom. The highest BCUT2D eigenvalue weighted by atomic mass is 16.6. The zero-order chi connectivity index (χ0) is 23.9. The summed E-state index contributed by atoms with van der Waals surface area (Å²) in [5.41, 5.74) is -0.227. The fraction of sp³-hybridized carbons (Fsp3) is 0.545. The molecule has 0 spiro atoms. The second kappa shape index (κ2) is 10.9. The van der Waals surface area contributed by atoms with Gasteiger partial charge in [0.25, 0.3) is 0 Å². The molecule has 1 heterocycles. The third kappa shape index (κ3) is 8.18. The summed E-state index contributed by atoms with van der Waals surface area (Å²) in [7, 11) is 0. The number of amides is 2. The Morgan fingerprint density at radius 1 is 1.16 bits per heavy atom. The van der Waals surface area contributed by atoms with Crippen molar-refractivity contribution in [2.24, 2.45) is 0 Å². The minimum Gasteiger partial charge on any atom is -0.482 e. The minimum absolute atomic E-state index is 0.222. The quantitative estimate of drug-likeness (QED) is 0.431. The van der Waals surface area contributed by atoms with Crippen molar-refractivity contribution in [1.29, 1.82) is 0 Å². The van der Waals surface area contributed by atoms with Crippen LogP contribution in [0.1, 0.15) is 44.5 Å². The van der Waals surface area contributed by atoms with E-state index in [0.29, 0.717) is 24.3 Å². The van der Waals surface area contributed by atoms with E-state index in [9.17, 15) is 19.2 Å². The number of hydrogen-bond acceptors (Lipinski definition) is 7. The molecule has 2 amide bonds. The number of rotatable bonds is 9. The number of carboxylic acid groups (broad SMARTS) is 1. The molecule has 1 aromatic carbocycles. The molecule has 1 aromatic rings. The molecule has 1 aliphatic rings. The molecular formula is C22H30N2O8. The van der Waals surface area contributed by atoms with Gasteiger partial charge in [-0.15, -0.1) is 0 Å². The van der Waals surface area contributed by atoms with Gasteiger partial charge >= 0.3 is 12.1 Å². The van der Waals surface area contributed by atoms with Gasteiger partial charge in [-0.05, 0) is 58.4 Å². The largest absolute Gasteiger partial charge is 0.482 e. The molecule has 2 rings (SSSR count). The lowest BCUT2D eigenvalue weighted by Crippen LogP contribution is -2.41. The predicted molar refractivity (Wildman–Crippen MR) is 114 cm³/mol. The van der Waals surface area contributed by atoms with E-state index in [1.807, 2.05) is 0 Å². The number of carbonyl (C=O) groups is 4. The Balaban J connectivity index is 1.76. The standard InChI is InChI=1S/C22H30N2O8/c1-14(23-18(25)12-30-17-9-10-24(11-17)21(28)29)20(27)15-5-7-16(8-6-15)31-13-19(26)32-22(2,3)4/h5-8,14,17H,9-13H2,1-4H3,(H,23,25)(H,28,29)/t14-,17+/m0/s1. The number of ether oxygens (including phenoxy) is 3. The average molecular weight is 450 g/mol. The summed E-state index contributed by atoms with van der Waals surface area (Å²) in [6.45, 7) is 6.94. The van der Waals surface area contributed by atoms with Crippen molar-refractivity contribution in [3.63, 3.8) is 0 Å². The van der Waals surface area contributed by atoms with Crippen molar-refractivity contribution < 1.29 is 38.5 Å². The SMILES string of the molecule is C[C@H](NC(=O)CO[C@@H]1CCN(C(=O)O)C1)C(=O)c1ccc(OCC(=O)OC(C)(C)C)cc1. The Bertz CT molecular complexity index is 831. The first-order valence-corrected chi connectivity index (χ1v) is 10.3. The van der Waals surface area contributed by atoms with E-state index < -0.39 is 29.6 Å². The maximum atomic E-state index is 12.6. The molecule has 176 valence electrons. The number of nitrogens with one attached hydrogen (secondary N) is 1. The number of benzene rings is 1. The third-order valence-electron chi connectivity index (χ3n) is 4.55. The Morgan fingerprint density at radius 2 is 1.81 bits per heavy atom. The molecule has 2 atom stereocenters. The van der Waals surface area contributed by atoms with Crippen LogP contribution < -0.4 is 10.1 Å². The second-order valence-electron chi connectivity index (χ2n) is 8.50. The summed E-state index contributed by atoms with van der Waals surface area (Å²) in [6.07, 6.45) is -0.826. The first-order chi connectivity index (χ1) is 14.9. The van der Waals surface area contributed by atoms with Gasteiger partial charge in [-0.2, -0.15) is 0 Å². The molecule has 0 bridgehead atoms. The monoisotopic (exact) mass is 450 g/mol. The van der Waals surface area contributed by atoms with Crippen molar-refractivity contribution in [1.82, 2.24) is 10.2 Å². The van der Waals surface area contributed by atoms with Crippen LogP contribution in [0.2, 0.25) is 0 Å². The lowest BCUT2D eigenvalue weighted by molar-refractivity contribution is -0.157. The van der Waals surface area contributed by atoms with E-state index in [2.05, 4.69) is 5.32 Å². The van der Waals surface area contributed by atoms with Crippen LogP contribution in [0.5, 0.6) is 5.75 Å². The van der Waals surface area contributed by atoms with Crippen LogP contribution in [0, 0.1) is 0 Å². The van der Waals surface area contributed by atoms with Crippen LogP contribution >= 0.6 is 0 Å². The van der Waals surface area contributed by atoms with Crippen LogP contribution in [-0.2, 0) is 19.1 Å². The molecule has 0 radical (unpaired) electrons. The molecule has 0 saturated carbocycles. The van der Waals surface area contributed by atoms with Gasteiger partial charge in [0.05, 0.1) is 18.7 Å². The molecule has 10 nitrogen and oxygen atoms in total. The van der Waals surface area contributed by atoms with Crippen molar-refractivity contribution in [2.45, 2.75) is 51.9 Å². The molecule has 0 aromatic heterocycles. The van der Waals surface area contributed by atoms with Crippen LogP contribution in [0.4, 0.5) is 4.79 Å². The number of Topliss-reactive ketones (excluding diaryl/α,β-unsaturated/α-hetero) is 1. The highest BCUT2D eigenvalue weighted by molar-refractivity contribution is 6.01. The molecule has 0 unspecified atom stereocenters. The van der Waals surface area contributed by atoms with E-state index in [-0.39, 0.29) is 31.6 Å². The van der Waals surface area contributed by atoms with E-state index in [0.717, 1.165) is 0 Å². The fourth-order valence-corrected chi connectivity index (χ4v) is 3.06. The zero-order valence-electron chi connectivity index (χ0n) is 18.8. The number of ketones is 1. The first kappa shape index (κ1) is 25.1.